The molecule has 2 heterocycles. The van der Waals surface area contributed by atoms with E-state index in [9.17, 15) is 10.1 Å². The number of pyridine rings is 1. The Morgan fingerprint density at radius 3 is 2.62 bits per heavy atom. The van der Waals surface area contributed by atoms with Crippen LogP contribution in [0.5, 0.6) is 0 Å². The second kappa shape index (κ2) is 7.37. The number of nitriles is 1. The molecule has 0 aliphatic carbocycles. The maximum atomic E-state index is 12.1. The Morgan fingerprint density at radius 1 is 1.03 bits per heavy atom. The zero-order valence-electron chi connectivity index (χ0n) is 15.5. The van der Waals surface area contributed by atoms with E-state index < -0.39 is 5.97 Å². The molecule has 0 spiro atoms. The Hall–Kier alpha value is -4.31. The zero-order valence-corrected chi connectivity index (χ0v) is 15.5. The molecule has 7 heteroatoms. The van der Waals surface area contributed by atoms with E-state index in [0.29, 0.717) is 22.5 Å². The van der Waals surface area contributed by atoms with Crippen molar-refractivity contribution in [2.75, 3.05) is 12.8 Å². The molecule has 2 N–H and O–H groups in total. The lowest BCUT2D eigenvalue weighted by atomic mass is 10.0. The van der Waals surface area contributed by atoms with E-state index in [-0.39, 0.29) is 11.5 Å². The molecule has 2 aromatic heterocycles. The predicted molar refractivity (Wildman–Crippen MR) is 109 cm³/mol. The maximum absolute atomic E-state index is 12.1. The molecule has 0 radical (unpaired) electrons. The average Bonchev–Trinajstić information content (AvgIpc) is 2.78. The first-order valence-corrected chi connectivity index (χ1v) is 8.72. The fourth-order valence-electron chi connectivity index (χ4n) is 3.06. The standard InChI is InChI=1S/C22H15N5O2/c1-29-22(28)20-21(24)27-19(15-5-2-4-13(10-15)12-23)18(26-20)16-7-8-17-14(11-16)6-3-9-25-17/h2-11H,1H3,(H2,24,27). The molecule has 0 unspecified atom stereocenters. The number of nitrogen functional groups attached to an aromatic ring is 1. The summed E-state index contributed by atoms with van der Waals surface area (Å²) >= 11 is 0. The lowest BCUT2D eigenvalue weighted by Crippen LogP contribution is -2.12. The Balaban J connectivity index is 2.00. The lowest BCUT2D eigenvalue weighted by Gasteiger charge is -2.13. The zero-order chi connectivity index (χ0) is 20.4. The highest BCUT2D eigenvalue weighted by molar-refractivity contribution is 5.95. The smallest absolute Gasteiger partial charge is 0.360 e. The number of nitrogens with zero attached hydrogens (tertiary/aromatic N) is 4. The number of hydrogen-bond acceptors (Lipinski definition) is 7. The number of carbonyl (C=O) groups is 1. The summed E-state index contributed by atoms with van der Waals surface area (Å²) in [5.41, 5.74) is 9.58. The molecule has 4 rings (SSSR count). The lowest BCUT2D eigenvalue weighted by molar-refractivity contribution is 0.0595. The van der Waals surface area contributed by atoms with Gasteiger partial charge in [0.2, 0.25) is 0 Å². The van der Waals surface area contributed by atoms with Gasteiger partial charge in [-0.25, -0.2) is 14.8 Å². The fraction of sp³-hybridized carbons (Fsp3) is 0.0455. The number of ether oxygens (including phenoxy) is 1. The Bertz CT molecular complexity index is 1290. The maximum Gasteiger partial charge on any atom is 0.360 e. The topological polar surface area (TPSA) is 115 Å². The summed E-state index contributed by atoms with van der Waals surface area (Å²) in [6.07, 6.45) is 1.72. The molecule has 29 heavy (non-hydrogen) atoms. The van der Waals surface area contributed by atoms with Gasteiger partial charge < -0.3 is 10.5 Å². The first kappa shape index (κ1) is 18.1. The van der Waals surface area contributed by atoms with E-state index in [1.807, 2.05) is 36.4 Å². The van der Waals surface area contributed by atoms with Crippen molar-refractivity contribution in [3.05, 3.63) is 72.1 Å². The van der Waals surface area contributed by atoms with Crippen LogP contribution >= 0.6 is 0 Å². The number of aromatic nitrogens is 3. The van der Waals surface area contributed by atoms with Gasteiger partial charge in [0, 0.05) is 22.7 Å². The van der Waals surface area contributed by atoms with Gasteiger partial charge in [-0.3, -0.25) is 4.98 Å². The number of anilines is 1. The number of nitrogens with two attached hydrogens (primary N) is 1. The van der Waals surface area contributed by atoms with Crippen LogP contribution in [0.2, 0.25) is 0 Å². The van der Waals surface area contributed by atoms with Crippen LogP contribution in [0.15, 0.2) is 60.8 Å². The first-order valence-electron chi connectivity index (χ1n) is 8.72. The molecule has 7 nitrogen and oxygen atoms in total. The van der Waals surface area contributed by atoms with Crippen molar-refractivity contribution in [1.29, 1.82) is 5.26 Å². The number of rotatable bonds is 3. The first-order chi connectivity index (χ1) is 14.1. The van der Waals surface area contributed by atoms with Gasteiger partial charge in [0.25, 0.3) is 0 Å². The monoisotopic (exact) mass is 381 g/mol. The summed E-state index contributed by atoms with van der Waals surface area (Å²) in [4.78, 5) is 25.4. The molecule has 140 valence electrons. The van der Waals surface area contributed by atoms with Crippen molar-refractivity contribution in [2.24, 2.45) is 0 Å². The number of hydrogen-bond donors (Lipinski definition) is 1. The van der Waals surface area contributed by atoms with Crippen molar-refractivity contribution in [2.45, 2.75) is 0 Å². The van der Waals surface area contributed by atoms with E-state index >= 15 is 0 Å². The summed E-state index contributed by atoms with van der Waals surface area (Å²) < 4.78 is 4.79. The molecule has 0 saturated carbocycles. The molecular weight excluding hydrogens is 366 g/mol. The van der Waals surface area contributed by atoms with Gasteiger partial charge in [0.15, 0.2) is 11.5 Å². The number of esters is 1. The summed E-state index contributed by atoms with van der Waals surface area (Å²) in [6, 6.07) is 18.5. The highest BCUT2D eigenvalue weighted by Crippen LogP contribution is 2.32. The summed E-state index contributed by atoms with van der Waals surface area (Å²) in [7, 11) is 1.26. The second-order valence-electron chi connectivity index (χ2n) is 6.25. The van der Waals surface area contributed by atoms with E-state index in [1.54, 1.807) is 24.4 Å². The molecule has 0 atom stereocenters. The average molecular weight is 381 g/mol. The number of benzene rings is 2. The van der Waals surface area contributed by atoms with Crippen LogP contribution in [-0.2, 0) is 4.74 Å². The van der Waals surface area contributed by atoms with Crippen LogP contribution in [-0.4, -0.2) is 28.0 Å². The Morgan fingerprint density at radius 2 is 1.83 bits per heavy atom. The molecule has 0 amide bonds. The van der Waals surface area contributed by atoms with Gasteiger partial charge in [-0.15, -0.1) is 0 Å². The Kier molecular flexibility index (Phi) is 4.59. The molecular formula is C22H15N5O2. The van der Waals surface area contributed by atoms with Gasteiger partial charge in [0.1, 0.15) is 0 Å². The molecule has 0 bridgehead atoms. The van der Waals surface area contributed by atoms with E-state index in [2.05, 4.69) is 21.0 Å². The SMILES string of the molecule is COC(=O)c1nc(-c2ccc3ncccc3c2)c(-c2cccc(C#N)c2)nc1N. The number of fused-ring (bicyclic) bond motifs is 1. The van der Waals surface area contributed by atoms with Gasteiger partial charge in [-0.05, 0) is 30.3 Å². The predicted octanol–water partition coefficient (Wildman–Crippen LogP) is 3.60. The van der Waals surface area contributed by atoms with Gasteiger partial charge >= 0.3 is 5.97 Å². The summed E-state index contributed by atoms with van der Waals surface area (Å²) in [5, 5.41) is 10.2. The molecule has 4 aromatic rings. The molecule has 0 fully saturated rings. The third-order valence-electron chi connectivity index (χ3n) is 4.44. The Labute approximate surface area is 166 Å². The highest BCUT2D eigenvalue weighted by Gasteiger charge is 2.20. The van der Waals surface area contributed by atoms with Crippen LogP contribution in [0.25, 0.3) is 33.4 Å². The van der Waals surface area contributed by atoms with Gasteiger partial charge in [-0.2, -0.15) is 5.26 Å². The molecule has 0 aliphatic heterocycles. The minimum Gasteiger partial charge on any atom is -0.464 e. The molecule has 2 aromatic carbocycles. The molecule has 0 saturated heterocycles. The fourth-order valence-corrected chi connectivity index (χ4v) is 3.06. The van der Waals surface area contributed by atoms with Crippen molar-refractivity contribution >= 4 is 22.7 Å². The number of methoxy groups -OCH3 is 1. The molecule has 0 aliphatic rings. The third-order valence-corrected chi connectivity index (χ3v) is 4.44. The largest absolute Gasteiger partial charge is 0.464 e. The van der Waals surface area contributed by atoms with E-state index in [1.165, 1.54) is 7.11 Å². The minimum absolute atomic E-state index is 0.0413. The van der Waals surface area contributed by atoms with Gasteiger partial charge in [-0.1, -0.05) is 24.3 Å². The quantitative estimate of drug-likeness (QED) is 0.539. The van der Waals surface area contributed by atoms with Crippen molar-refractivity contribution < 1.29 is 9.53 Å². The number of carbonyl (C=O) groups excluding carboxylic acids is 1. The minimum atomic E-state index is -0.670. The second-order valence-corrected chi connectivity index (χ2v) is 6.25. The highest BCUT2D eigenvalue weighted by atomic mass is 16.5. The summed E-state index contributed by atoms with van der Waals surface area (Å²) in [5.74, 6) is -0.712. The van der Waals surface area contributed by atoms with Crippen molar-refractivity contribution in [3.63, 3.8) is 0 Å². The summed E-state index contributed by atoms with van der Waals surface area (Å²) in [6.45, 7) is 0. The normalized spacial score (nSPS) is 10.5. The van der Waals surface area contributed by atoms with Crippen LogP contribution in [0.1, 0.15) is 16.1 Å². The van der Waals surface area contributed by atoms with Crippen LogP contribution in [0.4, 0.5) is 5.82 Å². The van der Waals surface area contributed by atoms with Crippen LogP contribution < -0.4 is 5.73 Å². The van der Waals surface area contributed by atoms with Crippen LogP contribution in [0, 0.1) is 11.3 Å². The third kappa shape index (κ3) is 3.35. The van der Waals surface area contributed by atoms with Crippen LogP contribution in [0.3, 0.4) is 0 Å². The van der Waals surface area contributed by atoms with Crippen molar-refractivity contribution in [3.8, 4) is 28.6 Å². The van der Waals surface area contributed by atoms with E-state index in [0.717, 1.165) is 16.5 Å². The van der Waals surface area contributed by atoms with E-state index in [4.69, 9.17) is 10.5 Å². The van der Waals surface area contributed by atoms with Gasteiger partial charge in [0.05, 0.1) is 35.6 Å². The van der Waals surface area contributed by atoms with Crippen molar-refractivity contribution in [1.82, 2.24) is 15.0 Å².